The Morgan fingerprint density at radius 3 is 2.70 bits per heavy atom. The summed E-state index contributed by atoms with van der Waals surface area (Å²) in [6, 6.07) is 7.53. The summed E-state index contributed by atoms with van der Waals surface area (Å²) in [6.45, 7) is 0.716. The molecule has 1 atom stereocenters. The van der Waals surface area contributed by atoms with E-state index in [1.165, 1.54) is 0 Å². The van der Waals surface area contributed by atoms with Crippen molar-refractivity contribution in [3.63, 3.8) is 0 Å². The van der Waals surface area contributed by atoms with Gasteiger partial charge in [-0.05, 0) is 31.2 Å². The third kappa shape index (κ3) is 4.94. The van der Waals surface area contributed by atoms with Gasteiger partial charge in [0.25, 0.3) is 0 Å². The van der Waals surface area contributed by atoms with Gasteiger partial charge >= 0.3 is 0 Å². The van der Waals surface area contributed by atoms with E-state index >= 15 is 0 Å². The summed E-state index contributed by atoms with van der Waals surface area (Å²) in [5, 5.41) is 0. The SMILES string of the molecule is COc1cccc(CN(C)C(=O)CN(C)C2CCS(=O)(=O)C2)c1. The highest BCUT2D eigenvalue weighted by atomic mass is 32.2. The second-order valence-electron chi connectivity index (χ2n) is 6.07. The number of nitrogens with zero attached hydrogens (tertiary/aromatic N) is 2. The zero-order valence-corrected chi connectivity index (χ0v) is 14.7. The lowest BCUT2D eigenvalue weighted by molar-refractivity contribution is -0.131. The second-order valence-corrected chi connectivity index (χ2v) is 8.30. The Labute approximate surface area is 137 Å². The van der Waals surface area contributed by atoms with Gasteiger partial charge in [-0.25, -0.2) is 8.42 Å². The fourth-order valence-corrected chi connectivity index (χ4v) is 4.52. The summed E-state index contributed by atoms with van der Waals surface area (Å²) in [5.41, 5.74) is 0.992. The van der Waals surface area contributed by atoms with Crippen molar-refractivity contribution in [3.8, 4) is 5.75 Å². The van der Waals surface area contributed by atoms with Crippen molar-refractivity contribution >= 4 is 15.7 Å². The highest BCUT2D eigenvalue weighted by Gasteiger charge is 2.31. The van der Waals surface area contributed by atoms with Crippen LogP contribution in [0, 0.1) is 0 Å². The first-order chi connectivity index (χ1) is 10.8. The Morgan fingerprint density at radius 1 is 1.35 bits per heavy atom. The number of ether oxygens (including phenoxy) is 1. The largest absolute Gasteiger partial charge is 0.497 e. The molecule has 7 heteroatoms. The maximum Gasteiger partial charge on any atom is 0.236 e. The van der Waals surface area contributed by atoms with Crippen LogP contribution in [-0.2, 0) is 21.2 Å². The van der Waals surface area contributed by atoms with Crippen molar-refractivity contribution in [2.45, 2.75) is 19.0 Å². The molecule has 0 aromatic heterocycles. The van der Waals surface area contributed by atoms with Crippen molar-refractivity contribution in [2.24, 2.45) is 0 Å². The van der Waals surface area contributed by atoms with Gasteiger partial charge in [0, 0.05) is 19.6 Å². The monoisotopic (exact) mass is 340 g/mol. The number of methoxy groups -OCH3 is 1. The van der Waals surface area contributed by atoms with Crippen LogP contribution in [0.15, 0.2) is 24.3 Å². The van der Waals surface area contributed by atoms with Gasteiger partial charge in [-0.1, -0.05) is 12.1 Å². The van der Waals surface area contributed by atoms with Gasteiger partial charge in [-0.2, -0.15) is 0 Å². The normalized spacial score (nSPS) is 19.7. The van der Waals surface area contributed by atoms with Gasteiger partial charge in [-0.3, -0.25) is 9.69 Å². The molecule has 1 heterocycles. The molecule has 0 bridgehead atoms. The molecule has 0 spiro atoms. The minimum atomic E-state index is -2.93. The number of sulfone groups is 1. The molecule has 128 valence electrons. The smallest absolute Gasteiger partial charge is 0.236 e. The molecule has 1 fully saturated rings. The summed E-state index contributed by atoms with van der Waals surface area (Å²) < 4.78 is 28.2. The predicted octanol–water partition coefficient (Wildman–Crippen LogP) is 0.773. The average molecular weight is 340 g/mol. The number of benzene rings is 1. The van der Waals surface area contributed by atoms with Crippen molar-refractivity contribution in [1.82, 2.24) is 9.80 Å². The van der Waals surface area contributed by atoms with E-state index in [4.69, 9.17) is 4.74 Å². The predicted molar refractivity (Wildman–Crippen MR) is 89.2 cm³/mol. The van der Waals surface area contributed by atoms with Crippen LogP contribution in [0.3, 0.4) is 0 Å². The minimum Gasteiger partial charge on any atom is -0.497 e. The van der Waals surface area contributed by atoms with E-state index in [1.807, 2.05) is 36.2 Å². The van der Waals surface area contributed by atoms with Gasteiger partial charge in [0.15, 0.2) is 9.84 Å². The number of rotatable bonds is 6. The minimum absolute atomic E-state index is 0.0281. The van der Waals surface area contributed by atoms with Crippen molar-refractivity contribution < 1.29 is 17.9 Å². The lowest BCUT2D eigenvalue weighted by atomic mass is 10.2. The second kappa shape index (κ2) is 7.31. The molecular weight excluding hydrogens is 316 g/mol. The molecule has 2 rings (SSSR count). The highest BCUT2D eigenvalue weighted by Crippen LogP contribution is 2.17. The summed E-state index contributed by atoms with van der Waals surface area (Å²) in [6.07, 6.45) is 0.603. The standard InChI is InChI=1S/C16H24N2O4S/c1-17(14-7-8-23(20,21)12-14)11-16(19)18(2)10-13-5-4-6-15(9-13)22-3/h4-6,9,14H,7-8,10-12H2,1-3H3. The van der Waals surface area contributed by atoms with Crippen molar-refractivity contribution in [2.75, 3.05) is 39.3 Å². The zero-order valence-electron chi connectivity index (χ0n) is 13.9. The van der Waals surface area contributed by atoms with E-state index in [2.05, 4.69) is 0 Å². The lowest BCUT2D eigenvalue weighted by Crippen LogP contribution is -2.41. The Balaban J connectivity index is 1.89. The molecular formula is C16H24N2O4S. The fourth-order valence-electron chi connectivity index (χ4n) is 2.72. The van der Waals surface area contributed by atoms with E-state index in [-0.39, 0.29) is 30.0 Å². The first-order valence-electron chi connectivity index (χ1n) is 7.58. The fraction of sp³-hybridized carbons (Fsp3) is 0.562. The molecule has 1 amide bonds. The van der Waals surface area contributed by atoms with Gasteiger partial charge < -0.3 is 9.64 Å². The molecule has 1 aromatic rings. The molecule has 0 N–H and O–H groups in total. The van der Waals surface area contributed by atoms with E-state index in [9.17, 15) is 13.2 Å². The van der Waals surface area contributed by atoms with Crippen molar-refractivity contribution in [1.29, 1.82) is 0 Å². The summed E-state index contributed by atoms with van der Waals surface area (Å²) >= 11 is 0. The Hall–Kier alpha value is -1.60. The summed E-state index contributed by atoms with van der Waals surface area (Å²) in [5.74, 6) is 1.10. The van der Waals surface area contributed by atoms with Crippen molar-refractivity contribution in [3.05, 3.63) is 29.8 Å². The van der Waals surface area contributed by atoms with Crippen LogP contribution in [-0.4, -0.2) is 69.4 Å². The molecule has 1 unspecified atom stereocenters. The van der Waals surface area contributed by atoms with Gasteiger partial charge in [0.2, 0.25) is 5.91 Å². The molecule has 0 aliphatic carbocycles. The number of carbonyl (C=O) groups excluding carboxylic acids is 1. The molecule has 6 nitrogen and oxygen atoms in total. The average Bonchev–Trinajstić information content (AvgIpc) is 2.87. The number of likely N-dealkylation sites (N-methyl/N-ethyl adjacent to an activating group) is 2. The maximum atomic E-state index is 12.3. The molecule has 1 saturated heterocycles. The van der Waals surface area contributed by atoms with Gasteiger partial charge in [-0.15, -0.1) is 0 Å². The van der Waals surface area contributed by atoms with Crippen LogP contribution in [0.4, 0.5) is 0 Å². The molecule has 1 aromatic carbocycles. The van der Waals surface area contributed by atoms with Gasteiger partial charge in [0.05, 0.1) is 25.2 Å². The summed E-state index contributed by atoms with van der Waals surface area (Å²) in [7, 11) is 2.24. The zero-order chi connectivity index (χ0) is 17.0. The number of hydrogen-bond donors (Lipinski definition) is 0. The Bertz CT molecular complexity index is 660. The highest BCUT2D eigenvalue weighted by molar-refractivity contribution is 7.91. The Morgan fingerprint density at radius 2 is 2.09 bits per heavy atom. The first-order valence-corrected chi connectivity index (χ1v) is 9.40. The van der Waals surface area contributed by atoms with Crippen LogP contribution < -0.4 is 4.74 Å². The third-order valence-electron chi connectivity index (χ3n) is 4.20. The van der Waals surface area contributed by atoms with E-state index in [1.54, 1.807) is 19.1 Å². The quantitative estimate of drug-likeness (QED) is 0.765. The Kier molecular flexibility index (Phi) is 5.64. The molecule has 0 radical (unpaired) electrons. The number of amides is 1. The van der Waals surface area contributed by atoms with Crippen LogP contribution in [0.2, 0.25) is 0 Å². The summed E-state index contributed by atoms with van der Waals surface area (Å²) in [4.78, 5) is 15.8. The first kappa shape index (κ1) is 17.7. The van der Waals surface area contributed by atoms with E-state index in [0.29, 0.717) is 13.0 Å². The van der Waals surface area contributed by atoms with Crippen LogP contribution in [0.5, 0.6) is 5.75 Å². The topological polar surface area (TPSA) is 66.9 Å². The van der Waals surface area contributed by atoms with Crippen LogP contribution in [0.25, 0.3) is 0 Å². The molecule has 23 heavy (non-hydrogen) atoms. The van der Waals surface area contributed by atoms with Gasteiger partial charge in [0.1, 0.15) is 5.75 Å². The van der Waals surface area contributed by atoms with E-state index in [0.717, 1.165) is 11.3 Å². The van der Waals surface area contributed by atoms with E-state index < -0.39 is 9.84 Å². The van der Waals surface area contributed by atoms with Crippen LogP contribution >= 0.6 is 0 Å². The molecule has 0 saturated carbocycles. The number of hydrogen-bond acceptors (Lipinski definition) is 5. The maximum absolute atomic E-state index is 12.3. The molecule has 1 aliphatic rings. The molecule has 1 aliphatic heterocycles. The van der Waals surface area contributed by atoms with Crippen LogP contribution in [0.1, 0.15) is 12.0 Å². The third-order valence-corrected chi connectivity index (χ3v) is 5.95. The lowest BCUT2D eigenvalue weighted by Gasteiger charge is -2.25. The number of carbonyl (C=O) groups is 1.